The summed E-state index contributed by atoms with van der Waals surface area (Å²) in [5, 5.41) is 14.0. The summed E-state index contributed by atoms with van der Waals surface area (Å²) in [6.45, 7) is 7.59. The van der Waals surface area contributed by atoms with Gasteiger partial charge in [-0.05, 0) is 60.1 Å². The Balaban J connectivity index is 1.04. The average Bonchev–Trinajstić information content (AvgIpc) is 4.14. The largest absolute Gasteiger partial charge is 0.443 e. The number of hydrogen-bond acceptors (Lipinski definition) is 9. The van der Waals surface area contributed by atoms with Gasteiger partial charge in [-0.1, -0.05) is 150 Å². The molecule has 338 valence electrons. The lowest BCUT2D eigenvalue weighted by Gasteiger charge is -2.27. The molecule has 6 aromatic rings. The fourth-order valence-corrected chi connectivity index (χ4v) is 7.96. The van der Waals surface area contributed by atoms with E-state index in [4.69, 9.17) is 14.2 Å². The van der Waals surface area contributed by atoms with E-state index in [9.17, 15) is 19.2 Å². The molecule has 4 aromatic carbocycles. The Hall–Kier alpha value is -6.86. The van der Waals surface area contributed by atoms with Gasteiger partial charge in [-0.15, -0.1) is 0 Å². The molecule has 13 heteroatoms. The topological polar surface area (TPSA) is 173 Å². The normalized spacial score (nSPS) is 17.1. The predicted molar refractivity (Wildman–Crippen MR) is 249 cm³/mol. The Labute approximate surface area is 380 Å². The number of carbonyl (C=O) groups is 4. The number of epoxide rings is 1. The molecule has 1 aliphatic heterocycles. The number of rotatable bonds is 20. The van der Waals surface area contributed by atoms with Crippen LogP contribution < -0.4 is 21.3 Å². The third kappa shape index (κ3) is 12.7. The number of aromatic nitrogens is 2. The lowest BCUT2D eigenvalue weighted by Crippen LogP contribution is -2.56. The molecule has 2 aromatic heterocycles. The summed E-state index contributed by atoms with van der Waals surface area (Å²) in [7, 11) is 0. The lowest BCUT2D eigenvalue weighted by molar-refractivity contribution is -0.126. The maximum atomic E-state index is 14.3. The number of ether oxygens (including phenoxy) is 3. The first-order chi connectivity index (χ1) is 31.6. The smallest absolute Gasteiger partial charge is 0.408 e. The van der Waals surface area contributed by atoms with E-state index in [2.05, 4.69) is 31.2 Å². The monoisotopic (exact) mass is 878 g/mol. The summed E-state index contributed by atoms with van der Waals surface area (Å²) < 4.78 is 17.6. The minimum Gasteiger partial charge on any atom is -0.443 e. The van der Waals surface area contributed by atoms with Gasteiger partial charge in [-0.2, -0.15) is 0 Å². The van der Waals surface area contributed by atoms with Crippen LogP contribution in [-0.2, 0) is 49.9 Å². The van der Waals surface area contributed by atoms with Crippen LogP contribution in [0.3, 0.4) is 0 Å². The zero-order valence-corrected chi connectivity index (χ0v) is 37.3. The summed E-state index contributed by atoms with van der Waals surface area (Å²) in [4.78, 5) is 64.3. The SMILES string of the molecule is CC[C@H](C)[C@H](NC(=O)OCc1ccc2ccccc2n1)C(=O)N[C@@H](Cc1ccccc1)[C@@H]1O[C@@H]1[C@H](Cc1ccccc1)NC(=O)[C@@H](NC(=O)OCc1ccc2ccccc2n1)[C@@H](C)CC. The van der Waals surface area contributed by atoms with Crippen LogP contribution in [0.2, 0.25) is 0 Å². The van der Waals surface area contributed by atoms with Crippen LogP contribution in [-0.4, -0.2) is 70.3 Å². The first-order valence-electron chi connectivity index (χ1n) is 22.5. The fourth-order valence-electron chi connectivity index (χ4n) is 7.96. The van der Waals surface area contributed by atoms with Crippen molar-refractivity contribution in [3.63, 3.8) is 0 Å². The highest BCUT2D eigenvalue weighted by atomic mass is 16.6. The number of carbonyl (C=O) groups excluding carboxylic acids is 4. The molecule has 4 amide bonds. The molecular weight excluding hydrogens is 821 g/mol. The zero-order chi connectivity index (χ0) is 45.7. The second-order valence-electron chi connectivity index (χ2n) is 16.8. The predicted octanol–water partition coefficient (Wildman–Crippen LogP) is 7.99. The number of pyridine rings is 2. The van der Waals surface area contributed by atoms with Crippen molar-refractivity contribution in [3.8, 4) is 0 Å². The number of para-hydroxylation sites is 2. The maximum Gasteiger partial charge on any atom is 0.408 e. The van der Waals surface area contributed by atoms with Crippen LogP contribution in [0, 0.1) is 11.8 Å². The van der Waals surface area contributed by atoms with Gasteiger partial charge in [0.15, 0.2) is 0 Å². The number of fused-ring (bicyclic) bond motifs is 2. The molecule has 13 nitrogen and oxygen atoms in total. The molecule has 7 rings (SSSR count). The summed E-state index contributed by atoms with van der Waals surface area (Å²) in [6, 6.07) is 39.5. The second-order valence-corrected chi connectivity index (χ2v) is 16.8. The van der Waals surface area contributed by atoms with E-state index in [0.717, 1.165) is 32.9 Å². The van der Waals surface area contributed by atoms with Gasteiger partial charge in [0.2, 0.25) is 11.8 Å². The van der Waals surface area contributed by atoms with E-state index in [0.29, 0.717) is 37.1 Å². The van der Waals surface area contributed by atoms with Crippen LogP contribution in [0.4, 0.5) is 9.59 Å². The van der Waals surface area contributed by atoms with E-state index >= 15 is 0 Å². The molecule has 1 fully saturated rings. The minimum atomic E-state index is -0.911. The molecule has 0 unspecified atom stereocenters. The molecule has 4 N–H and O–H groups in total. The Kier molecular flexibility index (Phi) is 15.7. The fraction of sp³-hybridized carbons (Fsp3) is 0.346. The van der Waals surface area contributed by atoms with Gasteiger partial charge in [-0.25, -0.2) is 19.6 Å². The first kappa shape index (κ1) is 46.1. The molecular formula is C52H58N6O7. The third-order valence-corrected chi connectivity index (χ3v) is 12.2. The Morgan fingerprint density at radius 3 is 1.31 bits per heavy atom. The van der Waals surface area contributed by atoms with E-state index in [1.807, 2.05) is 161 Å². The van der Waals surface area contributed by atoms with Crippen molar-refractivity contribution in [2.24, 2.45) is 11.8 Å². The molecule has 8 atom stereocenters. The summed E-state index contributed by atoms with van der Waals surface area (Å²) in [6.07, 6.45) is -0.367. The zero-order valence-electron chi connectivity index (χ0n) is 37.3. The summed E-state index contributed by atoms with van der Waals surface area (Å²) >= 11 is 0. The van der Waals surface area contributed by atoms with Gasteiger partial charge in [0.1, 0.15) is 37.5 Å². The molecule has 65 heavy (non-hydrogen) atoms. The van der Waals surface area contributed by atoms with Crippen LogP contribution in [0.15, 0.2) is 133 Å². The highest BCUT2D eigenvalue weighted by Gasteiger charge is 2.51. The van der Waals surface area contributed by atoms with Crippen molar-refractivity contribution in [3.05, 3.63) is 156 Å². The van der Waals surface area contributed by atoms with Crippen molar-refractivity contribution in [1.82, 2.24) is 31.2 Å². The quantitative estimate of drug-likeness (QED) is 0.0555. The highest BCUT2D eigenvalue weighted by Crippen LogP contribution is 2.32. The standard InChI is InChI=1S/C52H58N6O7/c1-5-33(3)45(57-51(61)63-31-39-27-25-37-21-13-15-23-41(37)53-39)49(59)55-43(29-35-17-9-7-10-18-35)47-48(65-47)44(30-36-19-11-8-12-20-36)56-50(60)46(34(4)6-2)58-52(62)64-32-40-28-26-38-22-14-16-24-42(38)54-40/h7-28,33-34,43-48H,5-6,29-32H2,1-4H3,(H,55,59)(H,56,60)(H,57,61)(H,58,62)/t33-,34-,43-,44-,45-,46-,47-,48+/m0/s1. The van der Waals surface area contributed by atoms with Crippen LogP contribution in [0.25, 0.3) is 21.8 Å². The number of benzene rings is 4. The minimum absolute atomic E-state index is 0.0638. The van der Waals surface area contributed by atoms with E-state index in [1.54, 1.807) is 0 Å². The van der Waals surface area contributed by atoms with E-state index < -0.39 is 48.6 Å². The van der Waals surface area contributed by atoms with Gasteiger partial charge in [-0.3, -0.25) is 9.59 Å². The number of alkyl carbamates (subject to hydrolysis) is 2. The molecule has 1 aliphatic rings. The molecule has 3 heterocycles. The lowest BCUT2D eigenvalue weighted by atomic mass is 9.93. The van der Waals surface area contributed by atoms with Crippen molar-refractivity contribution in [1.29, 1.82) is 0 Å². The molecule has 1 saturated heterocycles. The van der Waals surface area contributed by atoms with Crippen LogP contribution >= 0.6 is 0 Å². The maximum absolute atomic E-state index is 14.3. The number of nitrogens with one attached hydrogen (secondary N) is 4. The number of nitrogens with zero attached hydrogens (tertiary/aromatic N) is 2. The second kappa shape index (κ2) is 22.2. The Bertz CT molecular complexity index is 2370. The van der Waals surface area contributed by atoms with Crippen LogP contribution in [0.1, 0.15) is 63.1 Å². The first-order valence-corrected chi connectivity index (χ1v) is 22.5. The van der Waals surface area contributed by atoms with Crippen LogP contribution in [0.5, 0.6) is 0 Å². The van der Waals surface area contributed by atoms with Gasteiger partial charge < -0.3 is 35.5 Å². The summed E-state index contributed by atoms with van der Waals surface area (Å²) in [5.74, 6) is -1.23. The van der Waals surface area contributed by atoms with Gasteiger partial charge in [0.25, 0.3) is 0 Å². The Morgan fingerprint density at radius 2 is 0.908 bits per heavy atom. The Morgan fingerprint density at radius 1 is 0.523 bits per heavy atom. The molecule has 0 radical (unpaired) electrons. The third-order valence-electron chi connectivity index (χ3n) is 12.2. The summed E-state index contributed by atoms with van der Waals surface area (Å²) in [5.41, 5.74) is 4.70. The average molecular weight is 879 g/mol. The molecule has 0 bridgehead atoms. The molecule has 0 aliphatic carbocycles. The van der Waals surface area contributed by atoms with Gasteiger partial charge >= 0.3 is 12.2 Å². The van der Waals surface area contributed by atoms with Crippen molar-refractivity contribution in [2.45, 2.75) is 103 Å². The van der Waals surface area contributed by atoms with Crippen molar-refractivity contribution >= 4 is 45.8 Å². The van der Waals surface area contributed by atoms with E-state index in [-0.39, 0.29) is 36.9 Å². The molecule has 0 saturated carbocycles. The highest BCUT2D eigenvalue weighted by molar-refractivity contribution is 5.87. The molecule has 0 spiro atoms. The van der Waals surface area contributed by atoms with Crippen molar-refractivity contribution < 1.29 is 33.4 Å². The van der Waals surface area contributed by atoms with Gasteiger partial charge in [0.05, 0.1) is 34.5 Å². The van der Waals surface area contributed by atoms with E-state index in [1.165, 1.54) is 0 Å². The number of amides is 4. The number of hydrogen-bond donors (Lipinski definition) is 4. The van der Waals surface area contributed by atoms with Crippen molar-refractivity contribution in [2.75, 3.05) is 0 Å². The van der Waals surface area contributed by atoms with Gasteiger partial charge in [0, 0.05) is 10.8 Å².